The molecule has 70 valence electrons. The molecule has 0 spiro atoms. The van der Waals surface area contributed by atoms with Crippen molar-refractivity contribution in [2.24, 2.45) is 14.1 Å². The van der Waals surface area contributed by atoms with E-state index < -0.39 is 0 Å². The average molecular weight is 198 g/mol. The van der Waals surface area contributed by atoms with E-state index in [-0.39, 0.29) is 12.4 Å². The molecular formula is C9H12ClN3. The van der Waals surface area contributed by atoms with Crippen molar-refractivity contribution in [2.45, 2.75) is 0 Å². The number of aromatic nitrogens is 2. The number of nitrogen functional groups attached to an aromatic ring is 1. The number of halogens is 1. The van der Waals surface area contributed by atoms with Crippen LogP contribution in [0.25, 0.3) is 10.9 Å². The van der Waals surface area contributed by atoms with Crippen molar-refractivity contribution in [2.75, 3.05) is 5.73 Å². The van der Waals surface area contributed by atoms with Crippen molar-refractivity contribution in [3.8, 4) is 0 Å². The first-order valence-corrected chi connectivity index (χ1v) is 3.89. The van der Waals surface area contributed by atoms with Gasteiger partial charge in [-0.25, -0.2) is 0 Å². The molecule has 0 saturated carbocycles. The fourth-order valence-electron chi connectivity index (χ4n) is 1.41. The van der Waals surface area contributed by atoms with Gasteiger partial charge in [-0.15, -0.1) is 4.68 Å². The predicted molar refractivity (Wildman–Crippen MR) is 48.5 cm³/mol. The standard InChI is InChI=1S/C9H11N3.ClH/c1-11-6-7-3-4-8(10)5-9(7)12(11)2;/h3-6,10H,1-2H3;1H. The third-order valence-electron chi connectivity index (χ3n) is 2.20. The van der Waals surface area contributed by atoms with Crippen molar-refractivity contribution in [1.29, 1.82) is 0 Å². The highest BCUT2D eigenvalue weighted by Crippen LogP contribution is 2.14. The number of hydrogen-bond donors (Lipinski definition) is 1. The first-order chi connectivity index (χ1) is 5.68. The zero-order chi connectivity index (χ0) is 8.72. The fourth-order valence-corrected chi connectivity index (χ4v) is 1.41. The first-order valence-electron chi connectivity index (χ1n) is 3.89. The van der Waals surface area contributed by atoms with Crippen molar-refractivity contribution < 1.29 is 17.1 Å². The largest absolute Gasteiger partial charge is 1.00 e. The van der Waals surface area contributed by atoms with E-state index in [1.807, 2.05) is 37.0 Å². The number of nitrogens with two attached hydrogens (primary N) is 1. The number of aryl methyl sites for hydroxylation is 2. The number of hydrogen-bond acceptors (Lipinski definition) is 1. The molecule has 0 saturated heterocycles. The van der Waals surface area contributed by atoms with Gasteiger partial charge in [0.15, 0.2) is 7.05 Å². The van der Waals surface area contributed by atoms with Crippen LogP contribution >= 0.6 is 0 Å². The molecule has 2 N–H and O–H groups in total. The van der Waals surface area contributed by atoms with Gasteiger partial charge in [-0.05, 0) is 18.2 Å². The Morgan fingerprint density at radius 1 is 1.38 bits per heavy atom. The van der Waals surface area contributed by atoms with E-state index in [2.05, 4.69) is 10.9 Å². The number of fused-ring (bicyclic) bond motifs is 1. The Morgan fingerprint density at radius 3 is 2.77 bits per heavy atom. The lowest BCUT2D eigenvalue weighted by atomic mass is 10.2. The molecule has 1 aromatic heterocycles. The molecule has 0 fully saturated rings. The molecule has 1 heterocycles. The van der Waals surface area contributed by atoms with Gasteiger partial charge in [0.1, 0.15) is 5.52 Å². The Bertz CT molecular complexity index is 434. The summed E-state index contributed by atoms with van der Waals surface area (Å²) in [6.45, 7) is 0. The Labute approximate surface area is 83.2 Å². The Hall–Kier alpha value is -1.22. The van der Waals surface area contributed by atoms with E-state index in [9.17, 15) is 0 Å². The summed E-state index contributed by atoms with van der Waals surface area (Å²) in [6.07, 6.45) is 2.08. The molecule has 1 aromatic carbocycles. The molecule has 3 nitrogen and oxygen atoms in total. The molecule has 0 amide bonds. The monoisotopic (exact) mass is 197 g/mol. The second-order valence-corrected chi connectivity index (χ2v) is 3.04. The van der Waals surface area contributed by atoms with E-state index in [0.29, 0.717) is 0 Å². The SMILES string of the molecule is Cn1c2cc(N)ccc2c[n+]1C.[Cl-]. The van der Waals surface area contributed by atoms with Crippen LogP contribution in [0.15, 0.2) is 24.4 Å². The summed E-state index contributed by atoms with van der Waals surface area (Å²) in [4.78, 5) is 0. The molecule has 4 heteroatoms. The van der Waals surface area contributed by atoms with Crippen molar-refractivity contribution in [3.63, 3.8) is 0 Å². The maximum Gasteiger partial charge on any atom is 0.203 e. The van der Waals surface area contributed by atoms with Crippen LogP contribution in [0.1, 0.15) is 0 Å². The second kappa shape index (κ2) is 3.26. The maximum absolute atomic E-state index is 5.68. The fraction of sp³-hybridized carbons (Fsp3) is 0.222. The second-order valence-electron chi connectivity index (χ2n) is 3.04. The maximum atomic E-state index is 5.68. The smallest absolute Gasteiger partial charge is 0.203 e. The van der Waals surface area contributed by atoms with Gasteiger partial charge in [-0.3, -0.25) is 0 Å². The molecule has 0 aliphatic rings. The highest BCUT2D eigenvalue weighted by atomic mass is 35.5. The lowest BCUT2D eigenvalue weighted by Crippen LogP contribution is -3.00. The topological polar surface area (TPSA) is 34.8 Å². The van der Waals surface area contributed by atoms with Gasteiger partial charge >= 0.3 is 0 Å². The highest BCUT2D eigenvalue weighted by Gasteiger charge is 2.07. The number of nitrogens with zero attached hydrogens (tertiary/aromatic N) is 2. The first kappa shape index (κ1) is 9.86. The zero-order valence-corrected chi connectivity index (χ0v) is 8.42. The number of benzene rings is 1. The van der Waals surface area contributed by atoms with Crippen LogP contribution in [0.2, 0.25) is 0 Å². The minimum atomic E-state index is 0. The molecule has 0 atom stereocenters. The third-order valence-corrected chi connectivity index (χ3v) is 2.20. The van der Waals surface area contributed by atoms with Crippen molar-refractivity contribution in [3.05, 3.63) is 24.4 Å². The van der Waals surface area contributed by atoms with Gasteiger partial charge in [0.2, 0.25) is 6.20 Å². The highest BCUT2D eigenvalue weighted by molar-refractivity contribution is 5.80. The summed E-state index contributed by atoms with van der Waals surface area (Å²) in [6, 6.07) is 5.93. The third kappa shape index (κ3) is 1.47. The molecule has 0 bridgehead atoms. The van der Waals surface area contributed by atoms with E-state index >= 15 is 0 Å². The quantitative estimate of drug-likeness (QED) is 0.371. The molecular weight excluding hydrogens is 186 g/mol. The number of anilines is 1. The van der Waals surface area contributed by atoms with E-state index in [1.165, 1.54) is 5.39 Å². The summed E-state index contributed by atoms with van der Waals surface area (Å²) in [5.41, 5.74) is 7.65. The van der Waals surface area contributed by atoms with E-state index in [1.54, 1.807) is 0 Å². The number of rotatable bonds is 0. The Balaban J connectivity index is 0.000000845. The molecule has 2 aromatic rings. The Kier molecular flexibility index (Phi) is 2.48. The normalized spacial score (nSPS) is 10.0. The average Bonchev–Trinajstić information content (AvgIpc) is 2.31. The van der Waals surface area contributed by atoms with Crippen LogP contribution in [-0.4, -0.2) is 4.68 Å². The van der Waals surface area contributed by atoms with Crippen LogP contribution in [0.4, 0.5) is 5.69 Å². The van der Waals surface area contributed by atoms with Crippen molar-refractivity contribution >= 4 is 16.6 Å². The van der Waals surface area contributed by atoms with Crippen molar-refractivity contribution in [1.82, 2.24) is 4.68 Å². The van der Waals surface area contributed by atoms with Gasteiger partial charge in [0, 0.05) is 5.69 Å². The van der Waals surface area contributed by atoms with E-state index in [0.717, 1.165) is 11.2 Å². The minimum Gasteiger partial charge on any atom is -1.00 e. The molecule has 0 unspecified atom stereocenters. The van der Waals surface area contributed by atoms with Crippen LogP contribution in [-0.2, 0) is 14.1 Å². The minimum absolute atomic E-state index is 0. The van der Waals surface area contributed by atoms with Crippen LogP contribution in [0, 0.1) is 0 Å². The molecule has 13 heavy (non-hydrogen) atoms. The lowest BCUT2D eigenvalue weighted by molar-refractivity contribution is -0.748. The summed E-state index contributed by atoms with van der Waals surface area (Å²) in [5.74, 6) is 0. The Morgan fingerprint density at radius 2 is 2.08 bits per heavy atom. The summed E-state index contributed by atoms with van der Waals surface area (Å²) >= 11 is 0. The summed E-state index contributed by atoms with van der Waals surface area (Å²) in [5, 5.41) is 1.22. The molecule has 2 rings (SSSR count). The molecule has 0 radical (unpaired) electrons. The predicted octanol–water partition coefficient (Wildman–Crippen LogP) is -2.41. The van der Waals surface area contributed by atoms with Gasteiger partial charge in [-0.2, -0.15) is 4.68 Å². The van der Waals surface area contributed by atoms with Gasteiger partial charge in [0.05, 0.1) is 12.4 Å². The summed E-state index contributed by atoms with van der Waals surface area (Å²) < 4.78 is 4.09. The van der Waals surface area contributed by atoms with Gasteiger partial charge in [0.25, 0.3) is 0 Å². The van der Waals surface area contributed by atoms with Crippen LogP contribution in [0.3, 0.4) is 0 Å². The zero-order valence-electron chi connectivity index (χ0n) is 7.66. The van der Waals surface area contributed by atoms with Gasteiger partial charge < -0.3 is 18.1 Å². The van der Waals surface area contributed by atoms with E-state index in [4.69, 9.17) is 5.73 Å². The molecule has 0 aliphatic heterocycles. The van der Waals surface area contributed by atoms with Gasteiger partial charge in [-0.1, -0.05) is 0 Å². The lowest BCUT2D eigenvalue weighted by Gasteiger charge is -1.93. The molecule has 0 aliphatic carbocycles. The van der Waals surface area contributed by atoms with Crippen LogP contribution < -0.4 is 22.8 Å². The van der Waals surface area contributed by atoms with Crippen LogP contribution in [0.5, 0.6) is 0 Å². The summed E-state index contributed by atoms with van der Waals surface area (Å²) in [7, 11) is 4.03.